The molecule has 8 heteroatoms. The predicted molar refractivity (Wildman–Crippen MR) is 88.7 cm³/mol. The predicted octanol–water partition coefficient (Wildman–Crippen LogP) is 1.73. The molecule has 0 aliphatic carbocycles. The maximum absolute atomic E-state index is 12.5. The van der Waals surface area contributed by atoms with Crippen LogP contribution in [0.2, 0.25) is 0 Å². The monoisotopic (exact) mass is 333 g/mol. The van der Waals surface area contributed by atoms with Crippen LogP contribution < -0.4 is 5.32 Å². The Balaban J connectivity index is 1.83. The lowest BCUT2D eigenvalue weighted by Gasteiger charge is -2.14. The lowest BCUT2D eigenvalue weighted by Crippen LogP contribution is -2.29. The lowest BCUT2D eigenvalue weighted by atomic mass is 10.1. The molecule has 8 nitrogen and oxygen atoms in total. The molecule has 0 saturated carbocycles. The number of nitrogens with one attached hydrogen (secondary N) is 1. The minimum atomic E-state index is -0.426. The average Bonchev–Trinajstić information content (AvgIpc) is 3.11. The van der Waals surface area contributed by atoms with E-state index in [1.54, 1.807) is 43.6 Å². The number of benzene rings is 1. The summed E-state index contributed by atoms with van der Waals surface area (Å²) in [6, 6.07) is 8.34. The van der Waals surface area contributed by atoms with Gasteiger partial charge in [-0.25, -0.2) is 15.0 Å². The number of aryl methyl sites for hydroxylation is 1. The smallest absolute Gasteiger partial charge is 0.252 e. The number of hydrogen-bond donors (Lipinski definition) is 1. The number of amides is 1. The summed E-state index contributed by atoms with van der Waals surface area (Å²) in [4.78, 5) is 25.0. The number of hydrogen-bond acceptors (Lipinski definition) is 6. The van der Waals surface area contributed by atoms with Gasteiger partial charge in [-0.2, -0.15) is 15.0 Å². The number of nitrogens with zero attached hydrogens (tertiary/aromatic N) is 6. The van der Waals surface area contributed by atoms with Crippen LogP contribution in [-0.4, -0.2) is 30.6 Å². The van der Waals surface area contributed by atoms with Crippen molar-refractivity contribution < 1.29 is 4.79 Å². The molecule has 0 bridgehead atoms. The van der Waals surface area contributed by atoms with E-state index < -0.39 is 6.04 Å². The molecule has 1 atom stereocenters. The topological polar surface area (TPSA) is 109 Å². The van der Waals surface area contributed by atoms with Crippen molar-refractivity contribution in [1.82, 2.24) is 30.0 Å². The van der Waals surface area contributed by atoms with Crippen molar-refractivity contribution in [2.75, 3.05) is 0 Å². The minimum absolute atomic E-state index is 0.295. The van der Waals surface area contributed by atoms with Crippen LogP contribution in [0, 0.1) is 18.3 Å². The van der Waals surface area contributed by atoms with E-state index in [9.17, 15) is 4.79 Å². The number of nitriles is 1. The molecule has 0 aliphatic rings. The van der Waals surface area contributed by atoms with Gasteiger partial charge in [0.2, 0.25) is 0 Å². The molecular formula is C17H15N7O. The van der Waals surface area contributed by atoms with Crippen molar-refractivity contribution >= 4 is 5.91 Å². The van der Waals surface area contributed by atoms with E-state index in [-0.39, 0.29) is 5.91 Å². The highest BCUT2D eigenvalue weighted by Gasteiger charge is 2.19. The highest BCUT2D eigenvalue weighted by atomic mass is 16.1. The largest absolute Gasteiger partial charge is 0.342 e. The van der Waals surface area contributed by atoms with Gasteiger partial charge >= 0.3 is 0 Å². The second kappa shape index (κ2) is 6.88. The Bertz CT molecular complexity index is 943. The Morgan fingerprint density at radius 1 is 1.24 bits per heavy atom. The summed E-state index contributed by atoms with van der Waals surface area (Å²) in [5.74, 6) is 0.586. The van der Waals surface area contributed by atoms with E-state index in [2.05, 4.69) is 31.4 Å². The second-order valence-corrected chi connectivity index (χ2v) is 5.47. The zero-order chi connectivity index (χ0) is 17.8. The van der Waals surface area contributed by atoms with Crippen LogP contribution in [0.5, 0.6) is 0 Å². The van der Waals surface area contributed by atoms with E-state index in [1.165, 1.54) is 11.0 Å². The van der Waals surface area contributed by atoms with Crippen molar-refractivity contribution in [2.24, 2.45) is 0 Å². The molecule has 25 heavy (non-hydrogen) atoms. The van der Waals surface area contributed by atoms with Crippen LogP contribution in [0.1, 0.15) is 40.3 Å². The molecule has 0 fully saturated rings. The van der Waals surface area contributed by atoms with Gasteiger partial charge in [-0.05, 0) is 43.7 Å². The summed E-state index contributed by atoms with van der Waals surface area (Å²) < 4.78 is 1.47. The highest BCUT2D eigenvalue weighted by molar-refractivity contribution is 5.95. The van der Waals surface area contributed by atoms with Crippen molar-refractivity contribution in [3.63, 3.8) is 0 Å². The third-order valence-corrected chi connectivity index (χ3v) is 3.52. The van der Waals surface area contributed by atoms with Gasteiger partial charge in [0.05, 0.1) is 17.7 Å². The van der Waals surface area contributed by atoms with E-state index in [0.29, 0.717) is 22.9 Å². The lowest BCUT2D eigenvalue weighted by molar-refractivity contribution is 0.0937. The van der Waals surface area contributed by atoms with Gasteiger partial charge in [-0.3, -0.25) is 4.79 Å². The van der Waals surface area contributed by atoms with Gasteiger partial charge in [-0.1, -0.05) is 0 Å². The van der Waals surface area contributed by atoms with Crippen molar-refractivity contribution in [2.45, 2.75) is 19.9 Å². The van der Waals surface area contributed by atoms with Gasteiger partial charge in [0.15, 0.2) is 5.82 Å². The van der Waals surface area contributed by atoms with Gasteiger partial charge in [-0.15, -0.1) is 0 Å². The standard InChI is InChI=1S/C17H15N7O/c1-11-6-13(9-18)8-14(7-11)16(25)23-12(2)15-21-10-22-24(15)17-19-4-3-5-20-17/h3-8,10,12H,1-2H3,(H,23,25). The van der Waals surface area contributed by atoms with Crippen molar-refractivity contribution in [1.29, 1.82) is 5.26 Å². The summed E-state index contributed by atoms with van der Waals surface area (Å²) >= 11 is 0. The molecule has 2 aromatic heterocycles. The summed E-state index contributed by atoms with van der Waals surface area (Å²) in [5, 5.41) is 16.0. The first-order valence-electron chi connectivity index (χ1n) is 7.58. The third-order valence-electron chi connectivity index (χ3n) is 3.52. The first-order chi connectivity index (χ1) is 12.1. The minimum Gasteiger partial charge on any atom is -0.342 e. The molecule has 0 spiro atoms. The fraction of sp³-hybridized carbons (Fsp3) is 0.176. The van der Waals surface area contributed by atoms with E-state index in [0.717, 1.165) is 5.56 Å². The van der Waals surface area contributed by atoms with Crippen LogP contribution in [0.3, 0.4) is 0 Å². The maximum atomic E-state index is 12.5. The molecule has 124 valence electrons. The van der Waals surface area contributed by atoms with Crippen LogP contribution >= 0.6 is 0 Å². The Morgan fingerprint density at radius 3 is 2.72 bits per heavy atom. The zero-order valence-electron chi connectivity index (χ0n) is 13.7. The van der Waals surface area contributed by atoms with Crippen LogP contribution in [0.4, 0.5) is 0 Å². The molecule has 0 aliphatic heterocycles. The summed E-state index contributed by atoms with van der Waals surface area (Å²) in [6.07, 6.45) is 4.59. The van der Waals surface area contributed by atoms with Gasteiger partial charge in [0, 0.05) is 18.0 Å². The molecule has 3 aromatic rings. The zero-order valence-corrected chi connectivity index (χ0v) is 13.7. The molecule has 2 heterocycles. The number of carbonyl (C=O) groups is 1. The molecule has 1 aromatic carbocycles. The molecular weight excluding hydrogens is 318 g/mol. The van der Waals surface area contributed by atoms with Crippen molar-refractivity contribution in [3.8, 4) is 12.0 Å². The van der Waals surface area contributed by atoms with E-state index in [1.807, 2.05) is 6.92 Å². The number of aromatic nitrogens is 5. The maximum Gasteiger partial charge on any atom is 0.252 e. The Labute approximate surface area is 144 Å². The van der Waals surface area contributed by atoms with Gasteiger partial charge < -0.3 is 5.32 Å². The first kappa shape index (κ1) is 16.3. The third kappa shape index (κ3) is 3.50. The molecule has 3 rings (SSSR count). The Hall–Kier alpha value is -3.60. The average molecular weight is 333 g/mol. The van der Waals surface area contributed by atoms with Crippen LogP contribution in [0.15, 0.2) is 43.0 Å². The summed E-state index contributed by atoms with van der Waals surface area (Å²) in [7, 11) is 0. The number of carbonyl (C=O) groups excluding carboxylic acids is 1. The first-order valence-corrected chi connectivity index (χ1v) is 7.58. The Morgan fingerprint density at radius 2 is 2.00 bits per heavy atom. The SMILES string of the molecule is Cc1cc(C#N)cc(C(=O)NC(C)c2ncnn2-c2ncccn2)c1. The molecule has 1 N–H and O–H groups in total. The number of rotatable bonds is 4. The Kier molecular flexibility index (Phi) is 4.48. The molecule has 0 saturated heterocycles. The van der Waals surface area contributed by atoms with E-state index in [4.69, 9.17) is 5.26 Å². The van der Waals surface area contributed by atoms with Crippen LogP contribution in [-0.2, 0) is 0 Å². The summed E-state index contributed by atoms with van der Waals surface area (Å²) in [6.45, 7) is 3.63. The molecule has 1 unspecified atom stereocenters. The van der Waals surface area contributed by atoms with Crippen LogP contribution in [0.25, 0.3) is 5.95 Å². The normalized spacial score (nSPS) is 11.6. The molecule has 1 amide bonds. The quantitative estimate of drug-likeness (QED) is 0.778. The van der Waals surface area contributed by atoms with Gasteiger partial charge in [0.25, 0.3) is 11.9 Å². The molecule has 0 radical (unpaired) electrons. The van der Waals surface area contributed by atoms with Crippen molar-refractivity contribution in [3.05, 3.63) is 65.5 Å². The fourth-order valence-corrected chi connectivity index (χ4v) is 2.42. The second-order valence-electron chi connectivity index (χ2n) is 5.47. The highest BCUT2D eigenvalue weighted by Crippen LogP contribution is 2.14. The fourth-order valence-electron chi connectivity index (χ4n) is 2.42. The summed E-state index contributed by atoms with van der Waals surface area (Å²) in [5.41, 5.74) is 1.71. The van der Waals surface area contributed by atoms with Gasteiger partial charge in [0.1, 0.15) is 6.33 Å². The van der Waals surface area contributed by atoms with E-state index >= 15 is 0 Å².